The van der Waals surface area contributed by atoms with E-state index in [1.807, 2.05) is 25.1 Å². The van der Waals surface area contributed by atoms with Gasteiger partial charge in [-0.05, 0) is 68.8 Å². The Kier molecular flexibility index (Phi) is 6.57. The molecule has 5 heteroatoms. The minimum absolute atomic E-state index is 0.00719. The zero-order chi connectivity index (χ0) is 20.1. The molecule has 1 aromatic carbocycles. The number of benzene rings is 1. The first-order chi connectivity index (χ1) is 13.5. The van der Waals surface area contributed by atoms with E-state index in [0.717, 1.165) is 42.1 Å². The van der Waals surface area contributed by atoms with Gasteiger partial charge in [-0.15, -0.1) is 11.3 Å². The normalized spacial score (nSPS) is 12.0. The van der Waals surface area contributed by atoms with E-state index in [0.29, 0.717) is 0 Å². The second-order valence-electron chi connectivity index (χ2n) is 7.21. The van der Waals surface area contributed by atoms with Gasteiger partial charge in [-0.1, -0.05) is 18.2 Å². The average molecular weight is 397 g/mol. The summed E-state index contributed by atoms with van der Waals surface area (Å²) in [6, 6.07) is 14.4. The minimum Gasteiger partial charge on any atom is -0.497 e. The van der Waals surface area contributed by atoms with Crippen LogP contribution in [0.1, 0.15) is 45.5 Å². The smallest absolute Gasteiger partial charge is 0.253 e. The number of hydrogen-bond donors (Lipinski definition) is 1. The van der Waals surface area contributed by atoms with Gasteiger partial charge in [0.2, 0.25) is 0 Å². The summed E-state index contributed by atoms with van der Waals surface area (Å²) in [6.07, 6.45) is 1.81. The lowest BCUT2D eigenvalue weighted by Gasteiger charge is -2.14. The van der Waals surface area contributed by atoms with E-state index in [9.17, 15) is 4.79 Å². The topological polar surface area (TPSA) is 43.3 Å². The number of nitrogens with one attached hydrogen (secondary N) is 1. The summed E-state index contributed by atoms with van der Waals surface area (Å²) >= 11 is 1.74. The minimum atomic E-state index is 0.00719. The number of nitrogens with zero attached hydrogens (tertiary/aromatic N) is 1. The summed E-state index contributed by atoms with van der Waals surface area (Å²) < 4.78 is 7.40. The van der Waals surface area contributed by atoms with Gasteiger partial charge in [0.25, 0.3) is 5.91 Å². The highest BCUT2D eigenvalue weighted by molar-refractivity contribution is 7.09. The van der Waals surface area contributed by atoms with Gasteiger partial charge in [-0.25, -0.2) is 0 Å². The Balaban J connectivity index is 1.59. The van der Waals surface area contributed by atoms with Crippen molar-refractivity contribution in [1.29, 1.82) is 0 Å². The van der Waals surface area contributed by atoms with Crippen molar-refractivity contribution in [3.63, 3.8) is 0 Å². The molecule has 0 saturated heterocycles. The molecule has 0 aliphatic rings. The second-order valence-corrected chi connectivity index (χ2v) is 8.24. The molecule has 0 spiro atoms. The standard InChI is InChI=1S/C23H28N2O2S/c1-16(7-8-19-9-11-20(27-4)12-10-19)24-23(26)22-14-17(2)25(18(22)3)15-21-6-5-13-28-21/h5-6,9-14,16H,7-8,15H2,1-4H3,(H,24,26). The fourth-order valence-corrected chi connectivity index (χ4v) is 4.07. The van der Waals surface area contributed by atoms with Crippen LogP contribution in [0.5, 0.6) is 5.75 Å². The number of ether oxygens (including phenoxy) is 1. The van der Waals surface area contributed by atoms with Crippen LogP contribution in [0.4, 0.5) is 0 Å². The molecule has 0 radical (unpaired) electrons. The Bertz CT molecular complexity index is 911. The van der Waals surface area contributed by atoms with Gasteiger partial charge in [0.15, 0.2) is 0 Å². The lowest BCUT2D eigenvalue weighted by Crippen LogP contribution is -2.33. The summed E-state index contributed by atoms with van der Waals surface area (Å²) in [4.78, 5) is 14.1. The number of carbonyl (C=O) groups is 1. The Morgan fingerprint density at radius 3 is 2.61 bits per heavy atom. The molecule has 2 heterocycles. The molecule has 1 N–H and O–H groups in total. The molecule has 148 valence electrons. The molecule has 28 heavy (non-hydrogen) atoms. The SMILES string of the molecule is COc1ccc(CCC(C)NC(=O)c2cc(C)n(Cc3cccs3)c2C)cc1. The molecule has 0 bridgehead atoms. The maximum atomic E-state index is 12.8. The van der Waals surface area contributed by atoms with Crippen molar-refractivity contribution in [2.75, 3.05) is 7.11 Å². The van der Waals surface area contributed by atoms with Gasteiger partial charge in [0.1, 0.15) is 5.75 Å². The van der Waals surface area contributed by atoms with Gasteiger partial charge < -0.3 is 14.6 Å². The van der Waals surface area contributed by atoms with E-state index < -0.39 is 0 Å². The molecular formula is C23H28N2O2S. The number of methoxy groups -OCH3 is 1. The molecule has 4 nitrogen and oxygen atoms in total. The number of hydrogen-bond acceptors (Lipinski definition) is 3. The van der Waals surface area contributed by atoms with Crippen LogP contribution in [0.3, 0.4) is 0 Å². The van der Waals surface area contributed by atoms with Crippen LogP contribution in [0.25, 0.3) is 0 Å². The lowest BCUT2D eigenvalue weighted by atomic mass is 10.1. The molecule has 0 fully saturated rings. The predicted octanol–water partition coefficient (Wildman–Crippen LogP) is 4.97. The molecule has 1 atom stereocenters. The molecular weight excluding hydrogens is 368 g/mol. The molecule has 0 saturated carbocycles. The monoisotopic (exact) mass is 396 g/mol. The molecule has 3 aromatic rings. The van der Waals surface area contributed by atoms with Crippen LogP contribution >= 0.6 is 11.3 Å². The molecule has 3 rings (SSSR count). The van der Waals surface area contributed by atoms with Gasteiger partial charge in [0, 0.05) is 22.3 Å². The van der Waals surface area contributed by atoms with Crippen molar-refractivity contribution >= 4 is 17.2 Å². The number of carbonyl (C=O) groups excluding carboxylic acids is 1. The maximum absolute atomic E-state index is 12.8. The summed E-state index contributed by atoms with van der Waals surface area (Å²) in [5.74, 6) is 0.871. The summed E-state index contributed by atoms with van der Waals surface area (Å²) in [7, 11) is 1.67. The number of aryl methyl sites for hydroxylation is 2. The van der Waals surface area contributed by atoms with Gasteiger partial charge in [0.05, 0.1) is 19.2 Å². The van der Waals surface area contributed by atoms with E-state index in [4.69, 9.17) is 4.74 Å². The van der Waals surface area contributed by atoms with Gasteiger partial charge in [-0.3, -0.25) is 4.79 Å². The molecule has 0 aliphatic carbocycles. The lowest BCUT2D eigenvalue weighted by molar-refractivity contribution is 0.0937. The summed E-state index contributed by atoms with van der Waals surface area (Å²) in [5.41, 5.74) is 4.15. The summed E-state index contributed by atoms with van der Waals surface area (Å²) in [5, 5.41) is 5.24. The van der Waals surface area contributed by atoms with Crippen LogP contribution in [0.15, 0.2) is 47.8 Å². The molecule has 1 unspecified atom stereocenters. The highest BCUT2D eigenvalue weighted by atomic mass is 32.1. The van der Waals surface area contributed by atoms with Crippen molar-refractivity contribution in [2.24, 2.45) is 0 Å². The van der Waals surface area contributed by atoms with Crippen LogP contribution < -0.4 is 10.1 Å². The van der Waals surface area contributed by atoms with E-state index in [1.165, 1.54) is 10.4 Å². The quantitative estimate of drug-likeness (QED) is 0.584. The molecule has 1 amide bonds. The van der Waals surface area contributed by atoms with E-state index in [2.05, 4.69) is 53.4 Å². The van der Waals surface area contributed by atoms with Crippen LogP contribution in [0, 0.1) is 13.8 Å². The fraction of sp³-hybridized carbons (Fsp3) is 0.348. The van der Waals surface area contributed by atoms with Crippen LogP contribution in [-0.2, 0) is 13.0 Å². The first kappa shape index (κ1) is 20.2. The fourth-order valence-electron chi connectivity index (χ4n) is 3.38. The van der Waals surface area contributed by atoms with E-state index in [1.54, 1.807) is 18.4 Å². The van der Waals surface area contributed by atoms with Crippen molar-refractivity contribution in [3.8, 4) is 5.75 Å². The van der Waals surface area contributed by atoms with Gasteiger partial charge in [-0.2, -0.15) is 0 Å². The molecule has 0 aliphatic heterocycles. The number of thiophene rings is 1. The maximum Gasteiger partial charge on any atom is 0.253 e. The van der Waals surface area contributed by atoms with Crippen LogP contribution in [0.2, 0.25) is 0 Å². The highest BCUT2D eigenvalue weighted by Crippen LogP contribution is 2.20. The van der Waals surface area contributed by atoms with Crippen molar-refractivity contribution < 1.29 is 9.53 Å². The summed E-state index contributed by atoms with van der Waals surface area (Å²) in [6.45, 7) is 6.96. The Morgan fingerprint density at radius 1 is 1.21 bits per heavy atom. The van der Waals surface area contributed by atoms with Crippen LogP contribution in [-0.4, -0.2) is 23.6 Å². The zero-order valence-electron chi connectivity index (χ0n) is 17.0. The third-order valence-corrected chi connectivity index (χ3v) is 5.98. The first-order valence-electron chi connectivity index (χ1n) is 9.61. The third-order valence-electron chi connectivity index (χ3n) is 5.11. The highest BCUT2D eigenvalue weighted by Gasteiger charge is 2.17. The second kappa shape index (κ2) is 9.11. The Hall–Kier alpha value is -2.53. The Labute approximate surface area is 171 Å². The predicted molar refractivity (Wildman–Crippen MR) is 116 cm³/mol. The number of aromatic nitrogens is 1. The third kappa shape index (κ3) is 4.84. The largest absolute Gasteiger partial charge is 0.497 e. The van der Waals surface area contributed by atoms with E-state index >= 15 is 0 Å². The number of amides is 1. The van der Waals surface area contributed by atoms with Crippen molar-refractivity contribution in [2.45, 2.75) is 46.2 Å². The molecule has 2 aromatic heterocycles. The average Bonchev–Trinajstić information content (AvgIpc) is 3.30. The first-order valence-corrected chi connectivity index (χ1v) is 10.5. The zero-order valence-corrected chi connectivity index (χ0v) is 17.8. The van der Waals surface area contributed by atoms with E-state index in [-0.39, 0.29) is 11.9 Å². The number of rotatable bonds is 8. The Morgan fingerprint density at radius 2 is 1.96 bits per heavy atom. The van der Waals surface area contributed by atoms with Crippen molar-refractivity contribution in [1.82, 2.24) is 9.88 Å². The van der Waals surface area contributed by atoms with Crippen molar-refractivity contribution in [3.05, 3.63) is 75.2 Å². The van der Waals surface area contributed by atoms with Gasteiger partial charge >= 0.3 is 0 Å².